The number of anilines is 2. The molecular weight excluding hydrogens is 282 g/mol. The van der Waals surface area contributed by atoms with Crippen molar-refractivity contribution in [1.82, 2.24) is 9.97 Å². The van der Waals surface area contributed by atoms with Crippen LogP contribution in [0.4, 0.5) is 11.6 Å². The van der Waals surface area contributed by atoms with Crippen molar-refractivity contribution in [2.24, 2.45) is 0 Å². The first-order valence-electron chi connectivity index (χ1n) is 7.45. The van der Waals surface area contributed by atoms with Gasteiger partial charge < -0.3 is 5.32 Å². The maximum absolute atomic E-state index is 4.47. The lowest BCUT2D eigenvalue weighted by Gasteiger charge is -2.04. The average molecular weight is 299 g/mol. The highest BCUT2D eigenvalue weighted by Gasteiger charge is 1.97. The largest absolute Gasteiger partial charge is 0.324 e. The van der Waals surface area contributed by atoms with Gasteiger partial charge in [-0.25, -0.2) is 9.97 Å². The van der Waals surface area contributed by atoms with Gasteiger partial charge in [-0.1, -0.05) is 66.8 Å². The molecule has 0 radical (unpaired) electrons. The molecule has 0 unspecified atom stereocenters. The molecule has 1 heterocycles. The normalized spacial score (nSPS) is 11.1. The number of hydrogen-bond acceptors (Lipinski definition) is 3. The second kappa shape index (κ2) is 7.71. The van der Waals surface area contributed by atoms with Crippen molar-refractivity contribution in [3.8, 4) is 0 Å². The van der Waals surface area contributed by atoms with E-state index < -0.39 is 0 Å². The van der Waals surface area contributed by atoms with Crippen LogP contribution in [0.1, 0.15) is 11.3 Å². The maximum Gasteiger partial charge on any atom is 0.227 e. The minimum Gasteiger partial charge on any atom is -0.324 e. The molecule has 0 aliphatic heterocycles. The summed E-state index contributed by atoms with van der Waals surface area (Å²) in [5, 5.41) is 3.19. The van der Waals surface area contributed by atoms with Gasteiger partial charge in [-0.3, -0.25) is 0 Å². The first-order chi connectivity index (χ1) is 11.4. The smallest absolute Gasteiger partial charge is 0.227 e. The molecule has 0 spiro atoms. The average Bonchev–Trinajstić information content (AvgIpc) is 2.61. The Morgan fingerprint density at radius 2 is 1.43 bits per heavy atom. The number of hydrogen-bond donors (Lipinski definition) is 1. The van der Waals surface area contributed by atoms with Crippen LogP contribution in [0.2, 0.25) is 0 Å². The predicted octanol–water partition coefficient (Wildman–Crippen LogP) is 4.95. The molecule has 3 rings (SSSR count). The Morgan fingerprint density at radius 3 is 2.22 bits per heavy atom. The van der Waals surface area contributed by atoms with Crippen LogP contribution < -0.4 is 5.32 Å². The molecule has 3 heteroatoms. The van der Waals surface area contributed by atoms with Gasteiger partial charge >= 0.3 is 0 Å². The van der Waals surface area contributed by atoms with Gasteiger partial charge in [0.05, 0.1) is 5.69 Å². The fourth-order valence-electron chi connectivity index (χ4n) is 2.06. The second-order valence-corrected chi connectivity index (χ2v) is 4.93. The van der Waals surface area contributed by atoms with E-state index in [9.17, 15) is 0 Å². The van der Waals surface area contributed by atoms with E-state index in [4.69, 9.17) is 0 Å². The monoisotopic (exact) mass is 299 g/mol. The van der Waals surface area contributed by atoms with Gasteiger partial charge in [-0.2, -0.15) is 0 Å². The van der Waals surface area contributed by atoms with Crippen LogP contribution in [0, 0.1) is 0 Å². The number of allylic oxidation sites excluding steroid dienone is 2. The molecule has 3 nitrogen and oxygen atoms in total. The predicted molar refractivity (Wildman–Crippen MR) is 96.3 cm³/mol. The number of aromatic nitrogens is 2. The van der Waals surface area contributed by atoms with Crippen LogP contribution in [0.15, 0.2) is 85.1 Å². The zero-order valence-electron chi connectivity index (χ0n) is 12.6. The fourth-order valence-corrected chi connectivity index (χ4v) is 2.06. The molecule has 0 aliphatic carbocycles. The molecule has 0 aliphatic rings. The molecule has 1 aromatic heterocycles. The van der Waals surface area contributed by atoms with Crippen molar-refractivity contribution in [2.45, 2.75) is 0 Å². The van der Waals surface area contributed by atoms with E-state index in [0.717, 1.165) is 11.4 Å². The van der Waals surface area contributed by atoms with E-state index in [2.05, 4.69) is 33.5 Å². The minimum absolute atomic E-state index is 0.588. The van der Waals surface area contributed by atoms with Crippen molar-refractivity contribution in [1.29, 1.82) is 0 Å². The van der Waals surface area contributed by atoms with Crippen molar-refractivity contribution in [3.63, 3.8) is 0 Å². The minimum atomic E-state index is 0.588. The Morgan fingerprint density at radius 1 is 0.739 bits per heavy atom. The third-order valence-corrected chi connectivity index (χ3v) is 3.17. The van der Waals surface area contributed by atoms with Gasteiger partial charge in [-0.05, 0) is 29.8 Å². The molecular formula is C20H17N3. The van der Waals surface area contributed by atoms with Crippen LogP contribution in [-0.4, -0.2) is 9.97 Å². The maximum atomic E-state index is 4.47. The Balaban J connectivity index is 1.65. The summed E-state index contributed by atoms with van der Waals surface area (Å²) in [7, 11) is 0. The van der Waals surface area contributed by atoms with E-state index in [1.807, 2.05) is 72.8 Å². The van der Waals surface area contributed by atoms with Crippen LogP contribution in [0.5, 0.6) is 0 Å². The summed E-state index contributed by atoms with van der Waals surface area (Å²) in [6.07, 6.45) is 9.74. The third kappa shape index (κ3) is 4.64. The second-order valence-electron chi connectivity index (χ2n) is 4.93. The van der Waals surface area contributed by atoms with Gasteiger partial charge in [-0.15, -0.1) is 0 Å². The third-order valence-electron chi connectivity index (χ3n) is 3.17. The van der Waals surface area contributed by atoms with Crippen LogP contribution in [0.3, 0.4) is 0 Å². The van der Waals surface area contributed by atoms with Crippen molar-refractivity contribution >= 4 is 23.8 Å². The summed E-state index contributed by atoms with van der Waals surface area (Å²) in [5.74, 6) is 0.588. The summed E-state index contributed by atoms with van der Waals surface area (Å²) in [4.78, 5) is 8.71. The lowest BCUT2D eigenvalue weighted by Crippen LogP contribution is -1.97. The van der Waals surface area contributed by atoms with Crippen LogP contribution >= 0.6 is 0 Å². The highest BCUT2D eigenvalue weighted by Crippen LogP contribution is 2.12. The number of para-hydroxylation sites is 1. The van der Waals surface area contributed by atoms with Crippen LogP contribution in [-0.2, 0) is 0 Å². The number of nitrogens with zero attached hydrogens (tertiary/aromatic N) is 2. The lowest BCUT2D eigenvalue weighted by atomic mass is 10.2. The van der Waals surface area contributed by atoms with Crippen molar-refractivity contribution in [3.05, 3.63) is 96.3 Å². The van der Waals surface area contributed by atoms with Gasteiger partial charge in [0, 0.05) is 11.9 Å². The highest BCUT2D eigenvalue weighted by molar-refractivity contribution is 5.57. The van der Waals surface area contributed by atoms with E-state index >= 15 is 0 Å². The lowest BCUT2D eigenvalue weighted by molar-refractivity contribution is 1.15. The summed E-state index contributed by atoms with van der Waals surface area (Å²) in [6, 6.07) is 21.9. The van der Waals surface area contributed by atoms with Crippen molar-refractivity contribution < 1.29 is 0 Å². The molecule has 0 bridgehead atoms. The molecule has 1 N–H and O–H groups in total. The molecule has 0 amide bonds. The van der Waals surface area contributed by atoms with E-state index in [-0.39, 0.29) is 0 Å². The Hall–Kier alpha value is -3.20. The summed E-state index contributed by atoms with van der Waals surface area (Å²) < 4.78 is 0. The first kappa shape index (κ1) is 14.7. The fraction of sp³-hybridized carbons (Fsp3) is 0. The zero-order valence-corrected chi connectivity index (χ0v) is 12.6. The molecule has 23 heavy (non-hydrogen) atoms. The van der Waals surface area contributed by atoms with Gasteiger partial charge in [0.25, 0.3) is 0 Å². The number of rotatable bonds is 5. The molecule has 2 aromatic carbocycles. The van der Waals surface area contributed by atoms with E-state index in [0.29, 0.717) is 5.95 Å². The van der Waals surface area contributed by atoms with Crippen molar-refractivity contribution in [2.75, 3.05) is 5.32 Å². The van der Waals surface area contributed by atoms with Gasteiger partial charge in [0.15, 0.2) is 0 Å². The topological polar surface area (TPSA) is 37.8 Å². The summed E-state index contributed by atoms with van der Waals surface area (Å²) in [6.45, 7) is 0. The quantitative estimate of drug-likeness (QED) is 0.678. The summed E-state index contributed by atoms with van der Waals surface area (Å²) in [5.41, 5.74) is 3.00. The molecule has 0 saturated heterocycles. The Kier molecular flexibility index (Phi) is 4.93. The first-order valence-corrected chi connectivity index (χ1v) is 7.45. The standard InChI is InChI=1S/C20H17N3/c1-3-9-17(10-4-1)11-7-8-14-19-15-16-21-20(23-19)22-18-12-5-2-6-13-18/h1-16H,(H,21,22,23)/b11-7-,14-8+. The molecule has 0 atom stereocenters. The highest BCUT2D eigenvalue weighted by atomic mass is 15.1. The summed E-state index contributed by atoms with van der Waals surface area (Å²) >= 11 is 0. The Bertz CT molecular complexity index is 793. The van der Waals surface area contributed by atoms with Gasteiger partial charge in [0.2, 0.25) is 5.95 Å². The van der Waals surface area contributed by atoms with E-state index in [1.165, 1.54) is 5.56 Å². The van der Waals surface area contributed by atoms with Gasteiger partial charge in [0.1, 0.15) is 0 Å². The van der Waals surface area contributed by atoms with Crippen LogP contribution in [0.25, 0.3) is 12.2 Å². The molecule has 0 fully saturated rings. The number of benzene rings is 2. The zero-order chi connectivity index (χ0) is 15.7. The SMILES string of the molecule is C(=C/c1ccccc1)/C=C/c1ccnc(Nc2ccccc2)n1. The van der Waals surface area contributed by atoms with E-state index in [1.54, 1.807) is 6.20 Å². The molecule has 0 saturated carbocycles. The number of nitrogens with one attached hydrogen (secondary N) is 1. The Labute approximate surface area is 136 Å². The molecule has 3 aromatic rings. The molecule has 112 valence electrons.